The second-order valence-corrected chi connectivity index (χ2v) is 5.80. The highest BCUT2D eigenvalue weighted by Crippen LogP contribution is 2.39. The predicted octanol–water partition coefficient (Wildman–Crippen LogP) is 2.34. The first-order chi connectivity index (χ1) is 11.2. The van der Waals surface area contributed by atoms with Crippen LogP contribution in [0, 0.1) is 5.92 Å². The van der Waals surface area contributed by atoms with Gasteiger partial charge in [0.1, 0.15) is 5.69 Å². The lowest BCUT2D eigenvalue weighted by Crippen LogP contribution is -2.35. The number of aliphatic imine (C=N–C) groups is 1. The number of amides is 2. The number of aromatic nitrogens is 1. The lowest BCUT2D eigenvalue weighted by molar-refractivity contribution is -0.117. The highest BCUT2D eigenvalue weighted by molar-refractivity contribution is 6.14. The summed E-state index contributed by atoms with van der Waals surface area (Å²) in [6, 6.07) is 5.13. The Hall–Kier alpha value is -2.82. The molecule has 1 atom stereocenters. The van der Waals surface area contributed by atoms with E-state index in [4.69, 9.17) is 0 Å². The van der Waals surface area contributed by atoms with Gasteiger partial charge in [0.05, 0.1) is 5.71 Å². The third kappa shape index (κ3) is 2.44. The molecule has 23 heavy (non-hydrogen) atoms. The standard InChI is InChI=1S/C18H15N3O2/c22-17-14-5-3-4-12(14)13-8-7-11(10-16(13)21-17)20-18(23)15-6-1-2-9-19-15/h1-2,6-10,13H,3-5H2,(H,21,22). The van der Waals surface area contributed by atoms with Gasteiger partial charge in [-0.1, -0.05) is 12.1 Å². The van der Waals surface area contributed by atoms with Gasteiger partial charge in [0.15, 0.2) is 0 Å². The maximum atomic E-state index is 12.1. The SMILES string of the molecule is O=C1NC2=CC(=NC(=O)c3ccccn3)C=CC2C2=C1CCC2. The fourth-order valence-corrected chi connectivity index (χ4v) is 3.32. The number of fused-ring (bicyclic) bond motifs is 2. The molecule has 5 nitrogen and oxygen atoms in total. The van der Waals surface area contributed by atoms with Crippen LogP contribution < -0.4 is 5.32 Å². The fraction of sp³-hybridized carbons (Fsp3) is 0.222. The van der Waals surface area contributed by atoms with Gasteiger partial charge in [-0.3, -0.25) is 14.6 Å². The number of pyridine rings is 1. The van der Waals surface area contributed by atoms with E-state index in [1.807, 2.05) is 12.2 Å². The molecule has 3 aliphatic rings. The molecular weight excluding hydrogens is 290 g/mol. The van der Waals surface area contributed by atoms with E-state index in [0.29, 0.717) is 11.4 Å². The van der Waals surface area contributed by atoms with Gasteiger partial charge in [0.2, 0.25) is 0 Å². The molecule has 0 aromatic carbocycles. The van der Waals surface area contributed by atoms with Gasteiger partial charge in [-0.25, -0.2) is 4.99 Å². The van der Waals surface area contributed by atoms with Crippen molar-refractivity contribution < 1.29 is 9.59 Å². The molecule has 0 radical (unpaired) electrons. The van der Waals surface area contributed by atoms with E-state index in [1.54, 1.807) is 30.5 Å². The second-order valence-electron chi connectivity index (χ2n) is 5.80. The molecule has 4 rings (SSSR count). The molecular formula is C18H15N3O2. The number of hydrogen-bond acceptors (Lipinski definition) is 3. The zero-order valence-corrected chi connectivity index (χ0v) is 12.5. The van der Waals surface area contributed by atoms with E-state index < -0.39 is 0 Å². The Labute approximate surface area is 133 Å². The molecule has 114 valence electrons. The zero-order valence-electron chi connectivity index (χ0n) is 12.5. The summed E-state index contributed by atoms with van der Waals surface area (Å²) in [4.78, 5) is 32.3. The van der Waals surface area contributed by atoms with Crippen LogP contribution in [0.15, 0.2) is 64.5 Å². The van der Waals surface area contributed by atoms with E-state index in [9.17, 15) is 9.59 Å². The number of allylic oxidation sites excluding steroid dienone is 3. The van der Waals surface area contributed by atoms with Crippen molar-refractivity contribution in [2.75, 3.05) is 0 Å². The van der Waals surface area contributed by atoms with Crippen molar-refractivity contribution in [2.45, 2.75) is 19.3 Å². The number of rotatable bonds is 1. The third-order valence-electron chi connectivity index (χ3n) is 4.38. The largest absolute Gasteiger partial charge is 0.325 e. The Morgan fingerprint density at radius 2 is 2.22 bits per heavy atom. The van der Waals surface area contributed by atoms with Crippen molar-refractivity contribution in [3.63, 3.8) is 0 Å². The minimum atomic E-state index is -0.386. The summed E-state index contributed by atoms with van der Waals surface area (Å²) in [7, 11) is 0. The van der Waals surface area contributed by atoms with Crippen LogP contribution >= 0.6 is 0 Å². The lowest BCUT2D eigenvalue weighted by Gasteiger charge is -2.28. The second kappa shape index (κ2) is 5.43. The van der Waals surface area contributed by atoms with Gasteiger partial charge in [0, 0.05) is 23.4 Å². The van der Waals surface area contributed by atoms with Crippen molar-refractivity contribution >= 4 is 17.5 Å². The highest BCUT2D eigenvalue weighted by atomic mass is 16.2. The van der Waals surface area contributed by atoms with Crippen LogP contribution in [0.2, 0.25) is 0 Å². The molecule has 0 bridgehead atoms. The minimum absolute atomic E-state index is 0.00861. The Balaban J connectivity index is 1.63. The van der Waals surface area contributed by atoms with Gasteiger partial charge in [0.25, 0.3) is 11.8 Å². The number of carbonyl (C=O) groups is 2. The molecule has 2 aliphatic carbocycles. The number of carbonyl (C=O) groups excluding carboxylic acids is 2. The summed E-state index contributed by atoms with van der Waals surface area (Å²) in [6.07, 6.45) is 10.1. The molecule has 0 spiro atoms. The van der Waals surface area contributed by atoms with Crippen LogP contribution in [0.25, 0.3) is 0 Å². The van der Waals surface area contributed by atoms with Crippen LogP contribution in [0.1, 0.15) is 29.8 Å². The van der Waals surface area contributed by atoms with E-state index in [1.165, 1.54) is 5.57 Å². The average molecular weight is 305 g/mol. The quantitative estimate of drug-likeness (QED) is 0.865. The first-order valence-electron chi connectivity index (χ1n) is 7.69. The summed E-state index contributed by atoms with van der Waals surface area (Å²) in [5.41, 5.74) is 3.80. The van der Waals surface area contributed by atoms with Gasteiger partial charge in [-0.15, -0.1) is 0 Å². The maximum Gasteiger partial charge on any atom is 0.296 e. The van der Waals surface area contributed by atoms with Crippen LogP contribution in [-0.2, 0) is 4.79 Å². The van der Waals surface area contributed by atoms with Crippen molar-refractivity contribution in [3.05, 3.63) is 65.2 Å². The molecule has 1 N–H and O–H groups in total. The average Bonchev–Trinajstić information content (AvgIpc) is 3.06. The van der Waals surface area contributed by atoms with Gasteiger partial charge < -0.3 is 5.32 Å². The molecule has 0 saturated carbocycles. The Bertz CT molecular complexity index is 816. The smallest absolute Gasteiger partial charge is 0.296 e. The molecule has 1 aliphatic heterocycles. The van der Waals surface area contributed by atoms with Crippen LogP contribution in [0.4, 0.5) is 0 Å². The van der Waals surface area contributed by atoms with Crippen LogP contribution in [0.5, 0.6) is 0 Å². The van der Waals surface area contributed by atoms with E-state index in [0.717, 1.165) is 30.5 Å². The predicted molar refractivity (Wildman–Crippen MR) is 85.7 cm³/mol. The topological polar surface area (TPSA) is 71.4 Å². The molecule has 2 heterocycles. The lowest BCUT2D eigenvalue weighted by atomic mass is 9.85. The van der Waals surface area contributed by atoms with Gasteiger partial charge >= 0.3 is 0 Å². The fourth-order valence-electron chi connectivity index (χ4n) is 3.32. The Morgan fingerprint density at radius 3 is 3.04 bits per heavy atom. The molecule has 1 unspecified atom stereocenters. The van der Waals surface area contributed by atoms with Gasteiger partial charge in [-0.2, -0.15) is 0 Å². The van der Waals surface area contributed by atoms with Gasteiger partial charge in [-0.05, 0) is 49.1 Å². The minimum Gasteiger partial charge on any atom is -0.325 e. The molecule has 0 fully saturated rings. The molecule has 0 saturated heterocycles. The summed E-state index contributed by atoms with van der Waals surface area (Å²) in [6.45, 7) is 0. The highest BCUT2D eigenvalue weighted by Gasteiger charge is 2.34. The van der Waals surface area contributed by atoms with E-state index in [2.05, 4.69) is 15.3 Å². The Morgan fingerprint density at radius 1 is 1.30 bits per heavy atom. The van der Waals surface area contributed by atoms with E-state index in [-0.39, 0.29) is 17.7 Å². The Kier molecular flexibility index (Phi) is 3.26. The summed E-state index contributed by atoms with van der Waals surface area (Å²) >= 11 is 0. The zero-order chi connectivity index (χ0) is 15.8. The summed E-state index contributed by atoms with van der Waals surface area (Å²) in [5.74, 6) is -0.275. The normalized spacial score (nSPS) is 24.2. The molecule has 2 amide bonds. The van der Waals surface area contributed by atoms with Crippen LogP contribution in [-0.4, -0.2) is 22.5 Å². The summed E-state index contributed by atoms with van der Waals surface area (Å²) in [5, 5.41) is 2.94. The monoisotopic (exact) mass is 305 g/mol. The first kappa shape index (κ1) is 13.8. The van der Waals surface area contributed by atoms with Crippen molar-refractivity contribution in [2.24, 2.45) is 10.9 Å². The van der Waals surface area contributed by atoms with Crippen molar-refractivity contribution in [1.82, 2.24) is 10.3 Å². The molecule has 5 heteroatoms. The summed E-state index contributed by atoms with van der Waals surface area (Å²) < 4.78 is 0. The van der Waals surface area contributed by atoms with Crippen molar-refractivity contribution in [3.8, 4) is 0 Å². The third-order valence-corrected chi connectivity index (χ3v) is 4.38. The maximum absolute atomic E-state index is 12.1. The number of nitrogens with one attached hydrogen (secondary N) is 1. The van der Waals surface area contributed by atoms with Crippen molar-refractivity contribution in [1.29, 1.82) is 0 Å². The number of hydrogen-bond donors (Lipinski definition) is 1. The van der Waals surface area contributed by atoms with Crippen LogP contribution in [0.3, 0.4) is 0 Å². The number of nitrogens with zero attached hydrogens (tertiary/aromatic N) is 2. The molecule has 1 aromatic heterocycles. The van der Waals surface area contributed by atoms with E-state index >= 15 is 0 Å². The first-order valence-corrected chi connectivity index (χ1v) is 7.69. The molecule has 1 aromatic rings.